The molecule has 2 amide bonds. The summed E-state index contributed by atoms with van der Waals surface area (Å²) in [5.74, 6) is 0. The Kier molecular flexibility index (Phi) is 3.83. The van der Waals surface area contributed by atoms with Crippen molar-refractivity contribution >= 4 is 22.5 Å². The van der Waals surface area contributed by atoms with Crippen molar-refractivity contribution in [2.75, 3.05) is 6.67 Å². The first-order valence-corrected chi connectivity index (χ1v) is 12.6. The predicted octanol–water partition coefficient (Wildman–Crippen LogP) is 1.10. The molecule has 1 aliphatic heterocycles. The molecule has 7 heteroatoms. The fourth-order valence-corrected chi connectivity index (χ4v) is 12.3. The van der Waals surface area contributed by atoms with Gasteiger partial charge in [0.15, 0.2) is 0 Å². The fraction of sp³-hybridized carbons (Fsp3) is 0.889. The van der Waals surface area contributed by atoms with Gasteiger partial charge in [-0.15, -0.1) is 0 Å². The molecule has 0 aromatic heterocycles. The summed E-state index contributed by atoms with van der Waals surface area (Å²) in [5.41, 5.74) is 0. The highest BCUT2D eigenvalue weighted by molar-refractivity contribution is 6.89. The maximum Gasteiger partial charge on any atom is 0.318 e. The smallest absolute Gasteiger partial charge is 0.318 e. The van der Waals surface area contributed by atoms with Gasteiger partial charge in [0.25, 0.3) is 0 Å². The molecular weight excluding hydrogens is 236 g/mol. The maximum absolute atomic E-state index is 11.4. The van der Waals surface area contributed by atoms with E-state index in [4.69, 9.17) is 0 Å². The predicted molar refractivity (Wildman–Crippen MR) is 72.0 cm³/mol. The summed E-state index contributed by atoms with van der Waals surface area (Å²) >= 11 is 0. The summed E-state index contributed by atoms with van der Waals surface area (Å²) in [7, 11) is -2.90. The Bertz CT molecular complexity index is 258. The molecule has 94 valence electrons. The number of rotatable bonds is 3. The largest absolute Gasteiger partial charge is 0.325 e. The first-order valence-electron chi connectivity index (χ1n) is 5.69. The van der Waals surface area contributed by atoms with Crippen LogP contribution in [0.2, 0.25) is 39.3 Å². The van der Waals surface area contributed by atoms with E-state index in [0.717, 1.165) is 0 Å². The van der Waals surface area contributed by atoms with Crippen molar-refractivity contribution in [1.82, 2.24) is 20.2 Å². The van der Waals surface area contributed by atoms with Gasteiger partial charge in [0, 0.05) is 0 Å². The molecule has 1 rings (SSSR count). The molecule has 0 spiro atoms. The van der Waals surface area contributed by atoms with E-state index in [1.165, 1.54) is 0 Å². The summed E-state index contributed by atoms with van der Waals surface area (Å²) in [6.07, 6.45) is -0.00733. The third kappa shape index (κ3) is 3.31. The molecule has 0 saturated carbocycles. The molecule has 1 saturated heterocycles. The Morgan fingerprint density at radius 2 is 1.62 bits per heavy atom. The Morgan fingerprint density at radius 1 is 1.12 bits per heavy atom. The highest BCUT2D eigenvalue weighted by atomic mass is 28.4. The zero-order chi connectivity index (χ0) is 12.6. The lowest BCUT2D eigenvalue weighted by Crippen LogP contribution is -2.75. The van der Waals surface area contributed by atoms with Crippen molar-refractivity contribution in [2.24, 2.45) is 0 Å². The monoisotopic (exact) mass is 260 g/mol. The number of nitrogens with one attached hydrogen (secondary N) is 3. The van der Waals surface area contributed by atoms with Crippen molar-refractivity contribution in [2.45, 2.75) is 45.6 Å². The Balaban J connectivity index is 2.89. The second kappa shape index (κ2) is 4.48. The van der Waals surface area contributed by atoms with Gasteiger partial charge in [0.1, 0.15) is 22.8 Å². The van der Waals surface area contributed by atoms with Gasteiger partial charge in [0.2, 0.25) is 0 Å². The van der Waals surface area contributed by atoms with Crippen LogP contribution in [-0.2, 0) is 0 Å². The fourth-order valence-electron chi connectivity index (χ4n) is 2.39. The van der Waals surface area contributed by atoms with Crippen LogP contribution in [0, 0.1) is 0 Å². The van der Waals surface area contributed by atoms with Crippen LogP contribution in [-0.4, -0.2) is 39.7 Å². The minimum atomic E-state index is -1.45. The number of amides is 2. The Morgan fingerprint density at radius 3 is 2.00 bits per heavy atom. The van der Waals surface area contributed by atoms with Gasteiger partial charge in [-0.05, 0) is 0 Å². The summed E-state index contributed by atoms with van der Waals surface area (Å²) in [5, 5.41) is 8.99. The number of hydrogen-bond donors (Lipinski definition) is 3. The summed E-state index contributed by atoms with van der Waals surface area (Å²) in [6, 6.07) is -0.0785. The number of carbonyl (C=O) groups excluding carboxylic acids is 1. The van der Waals surface area contributed by atoms with Crippen molar-refractivity contribution < 1.29 is 4.79 Å². The van der Waals surface area contributed by atoms with Crippen molar-refractivity contribution in [3.8, 4) is 0 Å². The van der Waals surface area contributed by atoms with E-state index in [1.807, 2.05) is 0 Å². The first kappa shape index (κ1) is 13.7. The highest BCUT2D eigenvalue weighted by Gasteiger charge is 2.40. The van der Waals surface area contributed by atoms with Crippen LogP contribution in [0.1, 0.15) is 0 Å². The van der Waals surface area contributed by atoms with Crippen molar-refractivity contribution in [3.63, 3.8) is 0 Å². The topological polar surface area (TPSA) is 56.4 Å². The number of nitrogens with zero attached hydrogens (tertiary/aromatic N) is 1. The molecule has 1 unspecified atom stereocenters. The minimum absolute atomic E-state index is 0.00733. The summed E-state index contributed by atoms with van der Waals surface area (Å²) in [4.78, 5) is 11.4. The van der Waals surface area contributed by atoms with Crippen LogP contribution in [0.3, 0.4) is 0 Å². The number of carbonyl (C=O) groups is 1. The zero-order valence-corrected chi connectivity index (χ0v) is 13.1. The Hall–Kier alpha value is -0.376. The molecule has 1 fully saturated rings. The van der Waals surface area contributed by atoms with E-state index in [2.05, 4.69) is 59.5 Å². The van der Waals surface area contributed by atoms with E-state index < -0.39 is 16.5 Å². The first-order chi connectivity index (χ1) is 7.12. The quantitative estimate of drug-likeness (QED) is 0.666. The summed E-state index contributed by atoms with van der Waals surface area (Å²) in [6.45, 7) is 14.5. The van der Waals surface area contributed by atoms with Crippen LogP contribution >= 0.6 is 0 Å². The number of urea groups is 1. The number of hydrogen-bond acceptors (Lipinski definition) is 3. The van der Waals surface area contributed by atoms with Crippen LogP contribution in [0.25, 0.3) is 0 Å². The van der Waals surface area contributed by atoms with E-state index in [-0.39, 0.29) is 12.3 Å². The van der Waals surface area contributed by atoms with Crippen LogP contribution in [0.5, 0.6) is 0 Å². The van der Waals surface area contributed by atoms with E-state index in [1.54, 1.807) is 0 Å². The van der Waals surface area contributed by atoms with E-state index in [0.29, 0.717) is 6.67 Å². The van der Waals surface area contributed by atoms with Gasteiger partial charge < -0.3 is 14.9 Å². The van der Waals surface area contributed by atoms with Crippen molar-refractivity contribution in [1.29, 1.82) is 0 Å². The average Bonchev–Trinajstić information content (AvgIpc) is 1.97. The molecule has 0 aromatic carbocycles. The molecule has 3 N–H and O–H groups in total. The standard InChI is InChI=1S/C9H24N4OSi2/c1-15(2,3)13(16(4,5)6)8-10-7-11-9(14)12-8/h8,10H,7H2,1-6H3,(H2,11,12,14). The molecule has 0 aromatic rings. The lowest BCUT2D eigenvalue weighted by atomic mass is 10.7. The van der Waals surface area contributed by atoms with Gasteiger partial charge in [-0.1, -0.05) is 39.3 Å². The second-order valence-corrected chi connectivity index (χ2v) is 16.2. The second-order valence-electron chi connectivity index (χ2n) is 6.15. The van der Waals surface area contributed by atoms with Gasteiger partial charge >= 0.3 is 6.03 Å². The maximum atomic E-state index is 11.4. The van der Waals surface area contributed by atoms with Gasteiger partial charge in [-0.25, -0.2) is 4.79 Å². The molecule has 1 heterocycles. The van der Waals surface area contributed by atoms with Crippen LogP contribution in [0.15, 0.2) is 0 Å². The normalized spacial score (nSPS) is 22.9. The Labute approximate surface area is 100 Å². The molecule has 5 nitrogen and oxygen atoms in total. The molecule has 0 aliphatic carbocycles. The lowest BCUT2D eigenvalue weighted by molar-refractivity contribution is 0.205. The molecule has 0 radical (unpaired) electrons. The van der Waals surface area contributed by atoms with Crippen LogP contribution < -0.4 is 16.0 Å². The lowest BCUT2D eigenvalue weighted by Gasteiger charge is -2.49. The van der Waals surface area contributed by atoms with Crippen LogP contribution in [0.4, 0.5) is 4.79 Å². The zero-order valence-electron chi connectivity index (χ0n) is 11.1. The van der Waals surface area contributed by atoms with E-state index >= 15 is 0 Å². The van der Waals surface area contributed by atoms with Gasteiger partial charge in [-0.3, -0.25) is 5.32 Å². The van der Waals surface area contributed by atoms with Gasteiger partial charge in [0.05, 0.1) is 6.67 Å². The van der Waals surface area contributed by atoms with Gasteiger partial charge in [-0.2, -0.15) is 0 Å². The van der Waals surface area contributed by atoms with Crippen molar-refractivity contribution in [3.05, 3.63) is 0 Å². The molecule has 1 atom stereocenters. The SMILES string of the molecule is C[Si](C)(C)N(C1NCNC(=O)N1)[Si](C)(C)C. The third-order valence-electron chi connectivity index (χ3n) is 2.52. The molecule has 1 aliphatic rings. The third-order valence-corrected chi connectivity index (χ3v) is 9.95. The highest BCUT2D eigenvalue weighted by Crippen LogP contribution is 2.21. The van der Waals surface area contributed by atoms with E-state index in [9.17, 15) is 4.79 Å². The molecule has 0 bridgehead atoms. The average molecular weight is 260 g/mol. The molecule has 16 heavy (non-hydrogen) atoms. The summed E-state index contributed by atoms with van der Waals surface area (Å²) < 4.78 is 2.54. The molecular formula is C9H24N4OSi2. The minimum Gasteiger partial charge on any atom is -0.325 e.